The normalized spacial score (nSPS) is 13.2. The van der Waals surface area contributed by atoms with Crippen LogP contribution in [0.1, 0.15) is 25.0 Å². The first-order valence-corrected chi connectivity index (χ1v) is 13.7. The average Bonchev–Trinajstić information content (AvgIpc) is 3.56. The fourth-order valence-corrected chi connectivity index (χ4v) is 6.61. The summed E-state index contributed by atoms with van der Waals surface area (Å²) >= 11 is 1.82. The van der Waals surface area contributed by atoms with Crippen LogP contribution in [0.2, 0.25) is 0 Å². The molecule has 0 amide bonds. The fourth-order valence-electron chi connectivity index (χ4n) is 5.61. The molecular formula is C35H26N2S. The maximum Gasteiger partial charge on any atom is 0.0892 e. The molecule has 3 heterocycles. The SMILES string of the molecule is CC1(C)c2ccccc2-c2ccc(-c3ccc(-c4ccnc(-c5cc(-c6ccccc6)ccn5)c4)s3)cc21. The van der Waals surface area contributed by atoms with Gasteiger partial charge in [-0.3, -0.25) is 9.97 Å². The number of aromatic nitrogens is 2. The van der Waals surface area contributed by atoms with Crippen LogP contribution in [-0.2, 0) is 5.41 Å². The van der Waals surface area contributed by atoms with E-state index in [2.05, 4.69) is 121 Å². The van der Waals surface area contributed by atoms with Gasteiger partial charge in [0.1, 0.15) is 0 Å². The third kappa shape index (κ3) is 3.79. The number of nitrogens with zero attached hydrogens (tertiary/aromatic N) is 2. The Morgan fingerprint density at radius 2 is 1.11 bits per heavy atom. The van der Waals surface area contributed by atoms with E-state index in [1.165, 1.54) is 43.1 Å². The van der Waals surface area contributed by atoms with Crippen molar-refractivity contribution in [1.29, 1.82) is 0 Å². The van der Waals surface area contributed by atoms with Crippen molar-refractivity contribution in [2.45, 2.75) is 19.3 Å². The van der Waals surface area contributed by atoms with Crippen molar-refractivity contribution >= 4 is 11.3 Å². The summed E-state index contributed by atoms with van der Waals surface area (Å²) in [5.74, 6) is 0. The van der Waals surface area contributed by atoms with E-state index in [1.54, 1.807) is 0 Å². The van der Waals surface area contributed by atoms with Crippen LogP contribution in [0.25, 0.3) is 54.5 Å². The molecule has 3 aromatic carbocycles. The largest absolute Gasteiger partial charge is 0.255 e. The van der Waals surface area contributed by atoms with Gasteiger partial charge in [0, 0.05) is 27.6 Å². The monoisotopic (exact) mass is 506 g/mol. The number of thiophene rings is 1. The third-order valence-electron chi connectivity index (χ3n) is 7.65. The van der Waals surface area contributed by atoms with Crippen LogP contribution >= 0.6 is 11.3 Å². The molecule has 0 radical (unpaired) electrons. The Balaban J connectivity index is 1.21. The lowest BCUT2D eigenvalue weighted by molar-refractivity contribution is 0.660. The molecule has 1 aliphatic carbocycles. The number of fused-ring (bicyclic) bond motifs is 3. The van der Waals surface area contributed by atoms with Crippen LogP contribution in [0, 0.1) is 0 Å². The van der Waals surface area contributed by atoms with Crippen LogP contribution in [0.15, 0.2) is 122 Å². The second-order valence-electron chi connectivity index (χ2n) is 10.3. The van der Waals surface area contributed by atoms with Crippen molar-refractivity contribution in [2.24, 2.45) is 0 Å². The van der Waals surface area contributed by atoms with Gasteiger partial charge in [-0.1, -0.05) is 80.6 Å². The van der Waals surface area contributed by atoms with Crippen molar-refractivity contribution in [3.05, 3.63) is 133 Å². The molecule has 0 atom stereocenters. The first kappa shape index (κ1) is 22.8. The highest BCUT2D eigenvalue weighted by molar-refractivity contribution is 7.18. The minimum absolute atomic E-state index is 0.00329. The van der Waals surface area contributed by atoms with E-state index < -0.39 is 0 Å². The topological polar surface area (TPSA) is 25.8 Å². The van der Waals surface area contributed by atoms with Gasteiger partial charge in [0.15, 0.2) is 0 Å². The van der Waals surface area contributed by atoms with Crippen LogP contribution in [0.5, 0.6) is 0 Å². The highest BCUT2D eigenvalue weighted by Gasteiger charge is 2.35. The quantitative estimate of drug-likeness (QED) is 0.238. The number of pyridine rings is 2. The highest BCUT2D eigenvalue weighted by Crippen LogP contribution is 2.50. The third-order valence-corrected chi connectivity index (χ3v) is 8.83. The minimum Gasteiger partial charge on any atom is -0.255 e. The lowest BCUT2D eigenvalue weighted by Crippen LogP contribution is -2.14. The predicted octanol–water partition coefficient (Wildman–Crippen LogP) is 9.51. The van der Waals surface area contributed by atoms with E-state index in [0.717, 1.165) is 22.5 Å². The van der Waals surface area contributed by atoms with E-state index in [0.29, 0.717) is 0 Å². The van der Waals surface area contributed by atoms with Crippen LogP contribution in [-0.4, -0.2) is 9.97 Å². The zero-order valence-corrected chi connectivity index (χ0v) is 22.2. The van der Waals surface area contributed by atoms with Gasteiger partial charge in [-0.15, -0.1) is 11.3 Å². The zero-order valence-electron chi connectivity index (χ0n) is 21.3. The Kier molecular flexibility index (Phi) is 5.34. The van der Waals surface area contributed by atoms with Crippen molar-refractivity contribution in [3.63, 3.8) is 0 Å². The Bertz CT molecular complexity index is 1800. The van der Waals surface area contributed by atoms with E-state index in [4.69, 9.17) is 0 Å². The van der Waals surface area contributed by atoms with Crippen molar-refractivity contribution in [1.82, 2.24) is 9.97 Å². The summed E-state index contributed by atoms with van der Waals surface area (Å²) in [6.45, 7) is 4.67. The van der Waals surface area contributed by atoms with Crippen LogP contribution in [0.4, 0.5) is 0 Å². The molecule has 1 aliphatic rings. The maximum absolute atomic E-state index is 4.65. The fraction of sp³-hybridized carbons (Fsp3) is 0.0857. The molecule has 6 aromatic rings. The summed E-state index contributed by atoms with van der Waals surface area (Å²) in [5, 5.41) is 0. The maximum atomic E-state index is 4.65. The van der Waals surface area contributed by atoms with Gasteiger partial charge in [0.25, 0.3) is 0 Å². The second kappa shape index (κ2) is 8.90. The Labute approximate surface area is 227 Å². The van der Waals surface area contributed by atoms with E-state index in [9.17, 15) is 0 Å². The summed E-state index contributed by atoms with van der Waals surface area (Å²) in [6.07, 6.45) is 3.75. The summed E-state index contributed by atoms with van der Waals surface area (Å²) in [7, 11) is 0. The molecule has 7 rings (SSSR count). The lowest BCUT2D eigenvalue weighted by atomic mass is 9.82. The molecular weight excluding hydrogens is 480 g/mol. The molecule has 2 nitrogen and oxygen atoms in total. The molecule has 182 valence electrons. The van der Waals surface area contributed by atoms with Crippen LogP contribution in [0.3, 0.4) is 0 Å². The molecule has 38 heavy (non-hydrogen) atoms. The summed E-state index contributed by atoms with van der Waals surface area (Å²) in [4.78, 5) is 11.8. The molecule has 0 unspecified atom stereocenters. The summed E-state index contributed by atoms with van der Waals surface area (Å²) in [6, 6.07) is 39.0. The lowest BCUT2D eigenvalue weighted by Gasteiger charge is -2.21. The van der Waals surface area contributed by atoms with Gasteiger partial charge < -0.3 is 0 Å². The molecule has 0 saturated heterocycles. The van der Waals surface area contributed by atoms with Gasteiger partial charge >= 0.3 is 0 Å². The number of rotatable bonds is 4. The molecule has 0 saturated carbocycles. The highest BCUT2D eigenvalue weighted by atomic mass is 32.1. The number of hydrogen-bond donors (Lipinski definition) is 0. The summed E-state index contributed by atoms with van der Waals surface area (Å²) in [5.41, 5.74) is 12.0. The second-order valence-corrected chi connectivity index (χ2v) is 11.4. The number of benzene rings is 3. The number of hydrogen-bond acceptors (Lipinski definition) is 3. The molecule has 0 fully saturated rings. The Morgan fingerprint density at radius 3 is 1.87 bits per heavy atom. The van der Waals surface area contributed by atoms with Gasteiger partial charge in [0.05, 0.1) is 11.4 Å². The molecule has 0 bridgehead atoms. The van der Waals surface area contributed by atoms with E-state index in [-0.39, 0.29) is 5.41 Å². The van der Waals surface area contributed by atoms with Gasteiger partial charge in [-0.25, -0.2) is 0 Å². The zero-order chi connectivity index (χ0) is 25.7. The van der Waals surface area contributed by atoms with Gasteiger partial charge in [-0.05, 0) is 87.0 Å². The average molecular weight is 507 g/mol. The smallest absolute Gasteiger partial charge is 0.0892 e. The predicted molar refractivity (Wildman–Crippen MR) is 159 cm³/mol. The summed E-state index contributed by atoms with van der Waals surface area (Å²) < 4.78 is 0. The van der Waals surface area contributed by atoms with E-state index in [1.807, 2.05) is 35.9 Å². The van der Waals surface area contributed by atoms with Crippen LogP contribution < -0.4 is 0 Å². The van der Waals surface area contributed by atoms with E-state index >= 15 is 0 Å². The molecule has 3 heteroatoms. The van der Waals surface area contributed by atoms with Crippen molar-refractivity contribution < 1.29 is 0 Å². The molecule has 0 spiro atoms. The Morgan fingerprint density at radius 1 is 0.500 bits per heavy atom. The van der Waals surface area contributed by atoms with Crippen molar-refractivity contribution in [2.75, 3.05) is 0 Å². The molecule has 0 N–H and O–H groups in total. The van der Waals surface area contributed by atoms with Crippen molar-refractivity contribution in [3.8, 4) is 54.5 Å². The first-order chi connectivity index (χ1) is 18.6. The van der Waals surface area contributed by atoms with Gasteiger partial charge in [-0.2, -0.15) is 0 Å². The molecule has 3 aromatic heterocycles. The van der Waals surface area contributed by atoms with Gasteiger partial charge in [0.2, 0.25) is 0 Å². The molecule has 0 aliphatic heterocycles. The Hall–Kier alpha value is -4.34. The first-order valence-electron chi connectivity index (χ1n) is 12.9. The standard InChI is InChI=1S/C35H26N2S/c1-35(2)29-11-7-6-10-27(29)28-13-12-25(20-30(28)35)33-14-15-34(38-33)26-17-19-37-32(22-26)31-21-24(16-18-36-31)23-8-4-3-5-9-23/h3-22H,1-2H3. The minimum atomic E-state index is 0.00329.